The number of nitrogens with one attached hydrogen (secondary N) is 2. The van der Waals surface area contributed by atoms with Crippen LogP contribution in [-0.2, 0) is 19.2 Å². The van der Waals surface area contributed by atoms with Gasteiger partial charge in [0, 0.05) is 11.5 Å². The lowest BCUT2D eigenvalue weighted by Gasteiger charge is -2.17. The van der Waals surface area contributed by atoms with Crippen LogP contribution in [0.5, 0.6) is 0 Å². The molecule has 26 heavy (non-hydrogen) atoms. The van der Waals surface area contributed by atoms with Crippen molar-refractivity contribution in [3.63, 3.8) is 0 Å². The van der Waals surface area contributed by atoms with Crippen LogP contribution >= 0.6 is 21.6 Å². The van der Waals surface area contributed by atoms with Crippen LogP contribution in [0.3, 0.4) is 0 Å². The molecule has 0 spiro atoms. The van der Waals surface area contributed by atoms with E-state index in [9.17, 15) is 45.5 Å². The molecule has 0 aromatic heterocycles. The average molecular weight is 432 g/mol. The van der Waals surface area contributed by atoms with Crippen molar-refractivity contribution < 1.29 is 55.7 Å². The molecule has 0 fully saturated rings. The Bertz CT molecular complexity index is 507. The summed E-state index contributed by atoms with van der Waals surface area (Å²) >= 11 is 0. The Balaban J connectivity index is 4.57. The Morgan fingerprint density at radius 3 is 1.19 bits per heavy atom. The third kappa shape index (κ3) is 9.02. The number of aliphatic carboxylic acids is 2. The predicted molar refractivity (Wildman–Crippen MR) is 76.2 cm³/mol. The second-order valence-electron chi connectivity index (χ2n) is 4.29. The number of carbonyl (C=O) groups excluding carboxylic acids is 2. The van der Waals surface area contributed by atoms with E-state index in [1.165, 1.54) is 10.6 Å². The lowest BCUT2D eigenvalue weighted by Crippen LogP contribution is -2.48. The van der Waals surface area contributed by atoms with Crippen LogP contribution in [0, 0.1) is 0 Å². The van der Waals surface area contributed by atoms with E-state index in [0.29, 0.717) is 21.6 Å². The van der Waals surface area contributed by atoms with E-state index in [1.54, 1.807) is 0 Å². The third-order valence-corrected chi connectivity index (χ3v) is 4.70. The summed E-state index contributed by atoms with van der Waals surface area (Å²) in [6.07, 6.45) is -10.6. The highest BCUT2D eigenvalue weighted by Gasteiger charge is 2.42. The lowest BCUT2D eigenvalue weighted by atomic mass is 10.3. The van der Waals surface area contributed by atoms with Crippen molar-refractivity contribution in [2.75, 3.05) is 11.5 Å². The standard InChI is InChI=1S/C10H10F6N2O6S2/c11-9(12,13)7(23)17-3(5(19)20)1-25-26-2-4(6(21)22)18-8(24)10(14,15)16/h3-4H,1-2H2,(H,17,23)(H,18,24)(H,19,20)(H,21,22)/t3-,4+. The highest BCUT2D eigenvalue weighted by atomic mass is 33.1. The Labute approximate surface area is 148 Å². The molecule has 0 aliphatic rings. The lowest BCUT2D eigenvalue weighted by molar-refractivity contribution is -0.175. The molecule has 0 heterocycles. The van der Waals surface area contributed by atoms with Crippen molar-refractivity contribution in [3.05, 3.63) is 0 Å². The Morgan fingerprint density at radius 1 is 0.731 bits per heavy atom. The fourth-order valence-corrected chi connectivity index (χ4v) is 3.37. The smallest absolute Gasteiger partial charge is 0.471 e. The average Bonchev–Trinajstić information content (AvgIpc) is 2.45. The maximum Gasteiger partial charge on any atom is 0.471 e. The number of carbonyl (C=O) groups is 4. The van der Waals surface area contributed by atoms with Gasteiger partial charge in [-0.2, -0.15) is 26.3 Å². The fourth-order valence-electron chi connectivity index (χ4n) is 1.06. The summed E-state index contributed by atoms with van der Waals surface area (Å²) in [7, 11) is 0.961. The summed E-state index contributed by atoms with van der Waals surface area (Å²) in [6.45, 7) is 0. The molecule has 16 heteroatoms. The van der Waals surface area contributed by atoms with Gasteiger partial charge in [0.1, 0.15) is 12.1 Å². The number of alkyl halides is 6. The van der Waals surface area contributed by atoms with Gasteiger partial charge in [0.15, 0.2) is 0 Å². The molecule has 150 valence electrons. The summed E-state index contributed by atoms with van der Waals surface area (Å²) in [5.41, 5.74) is 0. The van der Waals surface area contributed by atoms with Crippen LogP contribution in [0.2, 0.25) is 0 Å². The van der Waals surface area contributed by atoms with E-state index in [-0.39, 0.29) is 0 Å². The number of carboxylic acid groups (broad SMARTS) is 2. The molecule has 0 saturated heterocycles. The molecule has 0 aliphatic carbocycles. The van der Waals surface area contributed by atoms with Gasteiger partial charge in [0.2, 0.25) is 0 Å². The summed E-state index contributed by atoms with van der Waals surface area (Å²) < 4.78 is 72.4. The normalized spacial score (nSPS) is 14.2. The number of rotatable bonds is 9. The number of amides is 2. The zero-order valence-corrected chi connectivity index (χ0v) is 13.8. The zero-order valence-electron chi connectivity index (χ0n) is 12.2. The van der Waals surface area contributed by atoms with Crippen molar-refractivity contribution >= 4 is 45.3 Å². The summed E-state index contributed by atoms with van der Waals surface area (Å²) in [4.78, 5) is 42.9. The summed E-state index contributed by atoms with van der Waals surface area (Å²) in [5, 5.41) is 19.8. The topological polar surface area (TPSA) is 133 Å². The Hall–Kier alpha value is -1.84. The zero-order chi connectivity index (χ0) is 20.7. The SMILES string of the molecule is O=C(O)[C@H](CSSC[C@@H](NC(=O)C(F)(F)F)C(=O)O)NC(=O)C(F)(F)F. The van der Waals surface area contributed by atoms with E-state index in [4.69, 9.17) is 10.2 Å². The molecule has 0 aliphatic heterocycles. The molecule has 0 bridgehead atoms. The van der Waals surface area contributed by atoms with Gasteiger partial charge in [-0.05, 0) is 0 Å². The molecule has 2 atom stereocenters. The molecule has 4 N–H and O–H groups in total. The van der Waals surface area contributed by atoms with E-state index < -0.39 is 59.7 Å². The van der Waals surface area contributed by atoms with Crippen molar-refractivity contribution in [1.82, 2.24) is 10.6 Å². The van der Waals surface area contributed by atoms with E-state index in [2.05, 4.69) is 0 Å². The van der Waals surface area contributed by atoms with Gasteiger partial charge in [-0.25, -0.2) is 9.59 Å². The Morgan fingerprint density at radius 2 is 1.00 bits per heavy atom. The first-order valence-corrected chi connectivity index (χ1v) is 8.60. The van der Waals surface area contributed by atoms with Gasteiger partial charge in [-0.1, -0.05) is 21.6 Å². The number of hydrogen-bond acceptors (Lipinski definition) is 6. The molecular weight excluding hydrogens is 422 g/mol. The van der Waals surface area contributed by atoms with Gasteiger partial charge >= 0.3 is 36.1 Å². The molecule has 2 amide bonds. The fraction of sp³-hybridized carbons (Fsp3) is 0.600. The Kier molecular flexibility index (Phi) is 9.06. The largest absolute Gasteiger partial charge is 0.480 e. The minimum atomic E-state index is -5.32. The van der Waals surface area contributed by atoms with E-state index >= 15 is 0 Å². The maximum absolute atomic E-state index is 12.1. The maximum atomic E-state index is 12.1. The van der Waals surface area contributed by atoms with Gasteiger partial charge in [0.25, 0.3) is 0 Å². The molecule has 0 rings (SSSR count). The highest BCUT2D eigenvalue weighted by molar-refractivity contribution is 8.76. The van der Waals surface area contributed by atoms with Crippen molar-refractivity contribution in [2.45, 2.75) is 24.4 Å². The van der Waals surface area contributed by atoms with E-state index in [0.717, 1.165) is 0 Å². The molecular formula is C10H10F6N2O6S2. The molecule has 0 aromatic carbocycles. The second-order valence-corrected chi connectivity index (χ2v) is 6.85. The van der Waals surface area contributed by atoms with Crippen LogP contribution in [0.4, 0.5) is 26.3 Å². The van der Waals surface area contributed by atoms with Crippen LogP contribution in [0.1, 0.15) is 0 Å². The van der Waals surface area contributed by atoms with Gasteiger partial charge < -0.3 is 20.8 Å². The van der Waals surface area contributed by atoms with Crippen LogP contribution in [0.15, 0.2) is 0 Å². The van der Waals surface area contributed by atoms with Crippen LogP contribution in [-0.4, -0.2) is 69.9 Å². The second kappa shape index (κ2) is 9.75. The number of halogens is 6. The molecule has 0 saturated carbocycles. The summed E-state index contributed by atoms with van der Waals surface area (Å²) in [5.74, 6) is -9.93. The first kappa shape index (κ1) is 24.2. The predicted octanol–water partition coefficient (Wildman–Crippen LogP) is 0.631. The molecule has 0 aromatic rings. The van der Waals surface area contributed by atoms with Crippen molar-refractivity contribution in [1.29, 1.82) is 0 Å². The van der Waals surface area contributed by atoms with Crippen LogP contribution < -0.4 is 10.6 Å². The van der Waals surface area contributed by atoms with Gasteiger partial charge in [-0.15, -0.1) is 0 Å². The molecule has 0 radical (unpaired) electrons. The molecule has 8 nitrogen and oxygen atoms in total. The van der Waals surface area contributed by atoms with Gasteiger partial charge in [-0.3, -0.25) is 9.59 Å². The molecule has 0 unspecified atom stereocenters. The van der Waals surface area contributed by atoms with Gasteiger partial charge in [0.05, 0.1) is 0 Å². The summed E-state index contributed by atoms with van der Waals surface area (Å²) in [6, 6.07) is -3.95. The minimum Gasteiger partial charge on any atom is -0.480 e. The quantitative estimate of drug-likeness (QED) is 0.237. The monoisotopic (exact) mass is 432 g/mol. The number of carboxylic acids is 2. The van der Waals surface area contributed by atoms with Crippen molar-refractivity contribution in [2.24, 2.45) is 0 Å². The first-order chi connectivity index (χ1) is 11.7. The first-order valence-electron chi connectivity index (χ1n) is 6.11. The van der Waals surface area contributed by atoms with Crippen molar-refractivity contribution in [3.8, 4) is 0 Å². The van der Waals surface area contributed by atoms with Crippen LogP contribution in [0.25, 0.3) is 0 Å². The van der Waals surface area contributed by atoms with E-state index in [1.807, 2.05) is 0 Å². The highest BCUT2D eigenvalue weighted by Crippen LogP contribution is 2.24. The minimum absolute atomic E-state index is 0.480. The number of hydrogen-bond donors (Lipinski definition) is 4. The third-order valence-electron chi connectivity index (χ3n) is 2.27.